The quantitative estimate of drug-likeness (QED) is 0.351. The minimum Gasteiger partial charge on any atom is -0.447 e. The summed E-state index contributed by atoms with van der Waals surface area (Å²) in [5.74, 6) is -0.833. The molecule has 0 saturated heterocycles. The second-order valence-electron chi connectivity index (χ2n) is 8.11. The first-order valence-corrected chi connectivity index (χ1v) is 11.6. The van der Waals surface area contributed by atoms with Gasteiger partial charge >= 0.3 is 6.09 Å². The number of carbonyl (C=O) groups excluding carboxylic acids is 2. The second kappa shape index (κ2) is 13.0. The van der Waals surface area contributed by atoms with Crippen molar-refractivity contribution < 1.29 is 33.5 Å². The maximum absolute atomic E-state index is 13.6. The molecule has 0 saturated carbocycles. The van der Waals surface area contributed by atoms with Crippen LogP contribution in [0.4, 0.5) is 15.1 Å². The van der Waals surface area contributed by atoms with Crippen molar-refractivity contribution in [3.05, 3.63) is 71.0 Å². The largest absolute Gasteiger partial charge is 0.447 e. The third kappa shape index (κ3) is 7.51. The van der Waals surface area contributed by atoms with Gasteiger partial charge < -0.3 is 24.4 Å². The van der Waals surface area contributed by atoms with Crippen LogP contribution in [0.3, 0.4) is 0 Å². The third-order valence-electron chi connectivity index (χ3n) is 5.55. The molecule has 0 bridgehead atoms. The molecule has 3 aromatic rings. The fraction of sp³-hybridized carbons (Fsp3) is 0.320. The molecule has 3 N–H and O–H groups in total. The van der Waals surface area contributed by atoms with Crippen molar-refractivity contribution in [1.29, 1.82) is 0 Å². The normalized spacial score (nSPS) is 12.6. The highest BCUT2D eigenvalue weighted by molar-refractivity contribution is 6.31. The van der Waals surface area contributed by atoms with E-state index in [4.69, 9.17) is 20.9 Å². The maximum atomic E-state index is 13.6. The first kappa shape index (κ1) is 27.1. The predicted octanol–water partition coefficient (Wildman–Crippen LogP) is 3.89. The molecule has 2 atom stereocenters. The van der Waals surface area contributed by atoms with Crippen LogP contribution in [0.2, 0.25) is 5.02 Å². The number of amides is 2. The number of nitrogens with zero attached hydrogens (tertiary/aromatic N) is 2. The van der Waals surface area contributed by atoms with Crippen LogP contribution >= 0.6 is 11.6 Å². The summed E-state index contributed by atoms with van der Waals surface area (Å²) in [6, 6.07) is 14.4. The molecule has 0 unspecified atom stereocenters. The van der Waals surface area contributed by atoms with Gasteiger partial charge in [-0.3, -0.25) is 10.1 Å². The van der Waals surface area contributed by atoms with E-state index in [1.54, 1.807) is 6.07 Å². The molecular formula is C25H27ClFN3O6. The summed E-state index contributed by atoms with van der Waals surface area (Å²) < 4.78 is 24.0. The highest BCUT2D eigenvalue weighted by atomic mass is 35.5. The Hall–Kier alpha value is -3.47. The van der Waals surface area contributed by atoms with Crippen LogP contribution < -0.4 is 5.32 Å². The number of hydrogen-bond acceptors (Lipinski definition) is 7. The average Bonchev–Trinajstić information content (AvgIpc) is 3.35. The van der Waals surface area contributed by atoms with Gasteiger partial charge in [0, 0.05) is 25.1 Å². The lowest BCUT2D eigenvalue weighted by Gasteiger charge is -2.29. The molecule has 0 spiro atoms. The van der Waals surface area contributed by atoms with Crippen molar-refractivity contribution in [3.63, 3.8) is 0 Å². The topological polar surface area (TPSA) is 125 Å². The van der Waals surface area contributed by atoms with E-state index in [1.165, 1.54) is 30.1 Å². The van der Waals surface area contributed by atoms with Gasteiger partial charge in [0.15, 0.2) is 0 Å². The average molecular weight is 520 g/mol. The fourth-order valence-corrected chi connectivity index (χ4v) is 3.70. The highest BCUT2D eigenvalue weighted by Crippen LogP contribution is 2.23. The lowest BCUT2D eigenvalue weighted by atomic mass is 10.1. The van der Waals surface area contributed by atoms with Gasteiger partial charge in [0.25, 0.3) is 0 Å². The summed E-state index contributed by atoms with van der Waals surface area (Å²) in [6.07, 6.45) is -1.80. The van der Waals surface area contributed by atoms with Crippen LogP contribution in [0, 0.1) is 5.82 Å². The van der Waals surface area contributed by atoms with E-state index in [0.29, 0.717) is 11.3 Å². The first-order valence-electron chi connectivity index (χ1n) is 11.2. The zero-order chi connectivity index (χ0) is 26.1. The fourth-order valence-electron chi connectivity index (χ4n) is 3.48. The highest BCUT2D eigenvalue weighted by Gasteiger charge is 2.25. The van der Waals surface area contributed by atoms with Gasteiger partial charge in [0.05, 0.1) is 23.8 Å². The van der Waals surface area contributed by atoms with Gasteiger partial charge in [-0.05, 0) is 24.5 Å². The van der Waals surface area contributed by atoms with Crippen molar-refractivity contribution >= 4 is 29.5 Å². The number of halogens is 2. The lowest BCUT2D eigenvalue weighted by Crippen LogP contribution is -2.43. The Morgan fingerprint density at radius 1 is 1.22 bits per heavy atom. The van der Waals surface area contributed by atoms with Gasteiger partial charge in [0.2, 0.25) is 11.8 Å². The Bertz CT molecular complexity index is 1160. The number of nitrogens with one attached hydrogen (secondary N) is 1. The third-order valence-corrected chi connectivity index (χ3v) is 5.97. The maximum Gasteiger partial charge on any atom is 0.414 e. The number of aliphatic hydroxyl groups is 2. The lowest BCUT2D eigenvalue weighted by molar-refractivity contribution is -0.133. The number of hydrogen-bond donors (Lipinski definition) is 3. The molecule has 2 amide bonds. The van der Waals surface area contributed by atoms with Crippen molar-refractivity contribution in [2.24, 2.45) is 0 Å². The van der Waals surface area contributed by atoms with E-state index in [0.717, 1.165) is 5.56 Å². The number of benzene rings is 2. The molecule has 0 radical (unpaired) electrons. The molecule has 192 valence electrons. The van der Waals surface area contributed by atoms with E-state index >= 15 is 0 Å². The summed E-state index contributed by atoms with van der Waals surface area (Å²) in [5, 5.41) is 25.4. The Labute approximate surface area is 212 Å². The molecule has 36 heavy (non-hydrogen) atoms. The molecule has 9 nitrogen and oxygen atoms in total. The number of aliphatic hydroxyl groups excluding tert-OH is 2. The van der Waals surface area contributed by atoms with Crippen molar-refractivity contribution in [2.75, 3.05) is 25.6 Å². The number of anilines is 1. The van der Waals surface area contributed by atoms with Crippen molar-refractivity contribution in [3.8, 4) is 11.3 Å². The van der Waals surface area contributed by atoms with Crippen molar-refractivity contribution in [1.82, 2.24) is 10.1 Å². The zero-order valence-corrected chi connectivity index (χ0v) is 20.3. The van der Waals surface area contributed by atoms with Crippen LogP contribution in [-0.2, 0) is 16.0 Å². The molecule has 1 heterocycles. The number of ether oxygens (including phenoxy) is 1. The van der Waals surface area contributed by atoms with Crippen LogP contribution in [0.5, 0.6) is 0 Å². The number of aromatic nitrogens is 1. The van der Waals surface area contributed by atoms with E-state index < -0.39 is 30.7 Å². The SMILES string of the molecule is CN(C(=O)CCc1cccc(F)c1Cl)[C@H](COC(=O)Nc1cc(-c2ccccc2)no1)C[C@@H](O)CO. The summed E-state index contributed by atoms with van der Waals surface area (Å²) in [6.45, 7) is -0.782. The summed E-state index contributed by atoms with van der Waals surface area (Å²) in [4.78, 5) is 26.4. The number of carbonyl (C=O) groups is 2. The molecular weight excluding hydrogens is 493 g/mol. The predicted molar refractivity (Wildman–Crippen MR) is 131 cm³/mol. The molecule has 1 aromatic heterocycles. The monoisotopic (exact) mass is 519 g/mol. The van der Waals surface area contributed by atoms with Crippen molar-refractivity contribution in [2.45, 2.75) is 31.4 Å². The Morgan fingerprint density at radius 3 is 2.69 bits per heavy atom. The molecule has 0 aliphatic carbocycles. The van der Waals surface area contributed by atoms with Crippen LogP contribution in [0.1, 0.15) is 18.4 Å². The first-order chi connectivity index (χ1) is 17.3. The van der Waals surface area contributed by atoms with Gasteiger partial charge in [-0.1, -0.05) is 59.2 Å². The second-order valence-corrected chi connectivity index (χ2v) is 8.49. The van der Waals surface area contributed by atoms with Gasteiger partial charge in [-0.2, -0.15) is 0 Å². The Balaban J connectivity index is 1.57. The molecule has 0 aliphatic heterocycles. The molecule has 0 fully saturated rings. The number of aryl methyl sites for hydroxylation is 1. The van der Waals surface area contributed by atoms with Gasteiger partial charge in [-0.25, -0.2) is 9.18 Å². The summed E-state index contributed by atoms with van der Waals surface area (Å²) >= 11 is 5.96. The van der Waals surface area contributed by atoms with E-state index in [1.807, 2.05) is 30.3 Å². The summed E-state index contributed by atoms with van der Waals surface area (Å²) in [7, 11) is 1.49. The van der Waals surface area contributed by atoms with E-state index in [9.17, 15) is 24.2 Å². The van der Waals surface area contributed by atoms with Gasteiger partial charge in [-0.15, -0.1) is 0 Å². The van der Waals surface area contributed by atoms with Crippen LogP contribution in [0.25, 0.3) is 11.3 Å². The Morgan fingerprint density at radius 2 is 1.97 bits per heavy atom. The minimum absolute atomic E-state index is 0.0118. The summed E-state index contributed by atoms with van der Waals surface area (Å²) in [5.41, 5.74) is 1.82. The molecule has 11 heteroatoms. The molecule has 0 aliphatic rings. The standard InChI is InChI=1S/C25H27ClFN3O6/c1-30(23(33)11-10-17-8-5-9-20(27)24(17)26)18(12-19(32)14-31)15-35-25(34)28-22-13-21(29-36-22)16-6-3-2-4-7-16/h2-9,13,18-19,31-32H,10-12,14-15H2,1H3,(H,28,34)/t18-,19+/m0/s1. The van der Waals surface area contributed by atoms with Crippen LogP contribution in [-0.4, -0.2) is 64.7 Å². The smallest absolute Gasteiger partial charge is 0.414 e. The number of rotatable bonds is 11. The van der Waals surface area contributed by atoms with Crippen LogP contribution in [0.15, 0.2) is 59.1 Å². The van der Waals surface area contributed by atoms with E-state index in [2.05, 4.69) is 10.5 Å². The molecule has 3 rings (SSSR count). The number of likely N-dealkylation sites (N-methyl/N-ethyl adjacent to an activating group) is 1. The minimum atomic E-state index is -1.13. The Kier molecular flexibility index (Phi) is 9.80. The van der Waals surface area contributed by atoms with E-state index in [-0.39, 0.29) is 42.7 Å². The zero-order valence-electron chi connectivity index (χ0n) is 19.6. The molecule has 2 aromatic carbocycles. The van der Waals surface area contributed by atoms with Gasteiger partial charge in [0.1, 0.15) is 18.1 Å².